The average Bonchev–Trinajstić information content (AvgIpc) is 3.00. The van der Waals surface area contributed by atoms with Crippen molar-refractivity contribution in [3.63, 3.8) is 0 Å². The summed E-state index contributed by atoms with van der Waals surface area (Å²) in [6.07, 6.45) is 0.542. The van der Waals surface area contributed by atoms with Crippen molar-refractivity contribution in [3.8, 4) is 0 Å². The highest BCUT2D eigenvalue weighted by Crippen LogP contribution is 2.23. The molecule has 2 aromatic carbocycles. The minimum Gasteiger partial charge on any atom is -0.447 e. The highest BCUT2D eigenvalue weighted by molar-refractivity contribution is 6.31. The number of benzene rings is 2. The van der Waals surface area contributed by atoms with Gasteiger partial charge in [-0.1, -0.05) is 35.9 Å². The fourth-order valence-corrected chi connectivity index (χ4v) is 2.78. The van der Waals surface area contributed by atoms with Crippen LogP contribution in [0.3, 0.4) is 0 Å². The summed E-state index contributed by atoms with van der Waals surface area (Å²) in [6, 6.07) is 14.6. The molecule has 6 heteroatoms. The quantitative estimate of drug-likeness (QED) is 0.895. The second-order valence-electron chi connectivity index (χ2n) is 5.46. The third kappa shape index (κ3) is 3.86. The molecule has 1 aliphatic heterocycles. The van der Waals surface area contributed by atoms with Crippen LogP contribution in [-0.2, 0) is 16.0 Å². The molecule has 24 heavy (non-hydrogen) atoms. The second kappa shape index (κ2) is 7.36. The molecule has 1 aliphatic rings. The Morgan fingerprint density at radius 3 is 2.79 bits per heavy atom. The summed E-state index contributed by atoms with van der Waals surface area (Å²) in [5, 5.41) is 3.52. The predicted molar refractivity (Wildman–Crippen MR) is 93.5 cm³/mol. The van der Waals surface area contributed by atoms with Crippen LogP contribution >= 0.6 is 11.6 Å². The van der Waals surface area contributed by atoms with Gasteiger partial charge in [0, 0.05) is 22.8 Å². The molecular weight excluding hydrogens is 328 g/mol. The largest absolute Gasteiger partial charge is 0.447 e. The van der Waals surface area contributed by atoms with Crippen LogP contribution in [0.1, 0.15) is 12.0 Å². The van der Waals surface area contributed by atoms with Crippen LogP contribution in [0.4, 0.5) is 16.2 Å². The zero-order valence-electron chi connectivity index (χ0n) is 13.0. The summed E-state index contributed by atoms with van der Waals surface area (Å²) in [5.41, 5.74) is 2.31. The number of cyclic esters (lactones) is 1. The van der Waals surface area contributed by atoms with Crippen LogP contribution in [0.25, 0.3) is 0 Å². The van der Waals surface area contributed by atoms with E-state index in [4.69, 9.17) is 16.3 Å². The number of halogens is 1. The van der Waals surface area contributed by atoms with E-state index >= 15 is 0 Å². The highest BCUT2D eigenvalue weighted by atomic mass is 35.5. The fourth-order valence-electron chi connectivity index (χ4n) is 2.55. The lowest BCUT2D eigenvalue weighted by atomic mass is 10.1. The standard InChI is InChI=1S/C18H17ClN2O3/c19-16-7-2-1-4-13(16)8-9-17(22)20-14-5-3-6-15(12-14)21-10-11-24-18(21)23/h1-7,12H,8-11H2,(H,20,22). The maximum absolute atomic E-state index is 12.1. The van der Waals surface area contributed by atoms with Gasteiger partial charge >= 0.3 is 6.09 Å². The van der Waals surface area contributed by atoms with Crippen LogP contribution in [0.15, 0.2) is 48.5 Å². The molecule has 0 saturated carbocycles. The van der Waals surface area contributed by atoms with Crippen molar-refractivity contribution in [2.45, 2.75) is 12.8 Å². The smallest absolute Gasteiger partial charge is 0.414 e. The molecule has 2 aromatic rings. The lowest BCUT2D eigenvalue weighted by molar-refractivity contribution is -0.116. The lowest BCUT2D eigenvalue weighted by Crippen LogP contribution is -2.23. The number of amides is 2. The molecule has 1 heterocycles. The van der Waals surface area contributed by atoms with Crippen LogP contribution in [0, 0.1) is 0 Å². The zero-order chi connectivity index (χ0) is 16.9. The number of ether oxygens (including phenoxy) is 1. The molecule has 1 saturated heterocycles. The van der Waals surface area contributed by atoms with E-state index in [9.17, 15) is 9.59 Å². The molecular formula is C18H17ClN2O3. The van der Waals surface area contributed by atoms with Gasteiger partial charge in [0.25, 0.3) is 0 Å². The molecule has 124 valence electrons. The molecule has 0 atom stereocenters. The van der Waals surface area contributed by atoms with Crippen molar-refractivity contribution in [2.75, 3.05) is 23.4 Å². The number of carbonyl (C=O) groups excluding carboxylic acids is 2. The molecule has 2 amide bonds. The van der Waals surface area contributed by atoms with Crippen molar-refractivity contribution in [2.24, 2.45) is 0 Å². The van der Waals surface area contributed by atoms with Gasteiger partial charge in [0.2, 0.25) is 5.91 Å². The van der Waals surface area contributed by atoms with Crippen LogP contribution < -0.4 is 10.2 Å². The van der Waals surface area contributed by atoms with Gasteiger partial charge in [-0.05, 0) is 36.2 Å². The van der Waals surface area contributed by atoms with Gasteiger partial charge < -0.3 is 10.1 Å². The Bertz CT molecular complexity index is 763. The number of carbonyl (C=O) groups is 2. The summed E-state index contributed by atoms with van der Waals surface area (Å²) < 4.78 is 4.93. The summed E-state index contributed by atoms with van der Waals surface area (Å²) in [6.45, 7) is 0.899. The van der Waals surface area contributed by atoms with E-state index in [2.05, 4.69) is 5.32 Å². The molecule has 1 N–H and O–H groups in total. The Hall–Kier alpha value is -2.53. The fraction of sp³-hybridized carbons (Fsp3) is 0.222. The topological polar surface area (TPSA) is 58.6 Å². The van der Waals surface area contributed by atoms with Crippen LogP contribution in [0.2, 0.25) is 5.02 Å². The minimum absolute atomic E-state index is 0.101. The van der Waals surface area contributed by atoms with E-state index in [-0.39, 0.29) is 12.0 Å². The maximum atomic E-state index is 12.1. The van der Waals surface area contributed by atoms with Gasteiger partial charge in [0.1, 0.15) is 6.61 Å². The first-order valence-corrected chi connectivity index (χ1v) is 8.09. The number of aryl methyl sites for hydroxylation is 1. The van der Waals surface area contributed by atoms with E-state index in [1.807, 2.05) is 30.3 Å². The van der Waals surface area contributed by atoms with E-state index in [1.165, 1.54) is 0 Å². The molecule has 0 spiro atoms. The maximum Gasteiger partial charge on any atom is 0.414 e. The SMILES string of the molecule is O=C(CCc1ccccc1Cl)Nc1cccc(N2CCOC2=O)c1. The first-order valence-electron chi connectivity index (χ1n) is 7.71. The van der Waals surface area contributed by atoms with Gasteiger partial charge in [-0.2, -0.15) is 0 Å². The normalized spacial score (nSPS) is 13.7. The number of hydrogen-bond acceptors (Lipinski definition) is 3. The van der Waals surface area contributed by atoms with Crippen LogP contribution in [0.5, 0.6) is 0 Å². The van der Waals surface area contributed by atoms with E-state index < -0.39 is 0 Å². The third-order valence-corrected chi connectivity index (χ3v) is 4.15. The van der Waals surface area contributed by atoms with Crippen LogP contribution in [-0.4, -0.2) is 25.2 Å². The average molecular weight is 345 g/mol. The summed E-state index contributed by atoms with van der Waals surface area (Å²) in [7, 11) is 0. The van der Waals surface area contributed by atoms with Gasteiger partial charge in [0.15, 0.2) is 0 Å². The molecule has 1 fully saturated rings. The highest BCUT2D eigenvalue weighted by Gasteiger charge is 2.23. The lowest BCUT2D eigenvalue weighted by Gasteiger charge is -2.14. The zero-order valence-corrected chi connectivity index (χ0v) is 13.8. The Balaban J connectivity index is 1.60. The van der Waals surface area contributed by atoms with Gasteiger partial charge in [-0.15, -0.1) is 0 Å². The van der Waals surface area contributed by atoms with Crippen molar-refractivity contribution in [1.82, 2.24) is 0 Å². The molecule has 5 nitrogen and oxygen atoms in total. The van der Waals surface area contributed by atoms with Crippen molar-refractivity contribution in [1.29, 1.82) is 0 Å². The van der Waals surface area contributed by atoms with E-state index in [0.29, 0.717) is 42.4 Å². The van der Waals surface area contributed by atoms with Gasteiger partial charge in [-0.3, -0.25) is 9.69 Å². The third-order valence-electron chi connectivity index (χ3n) is 3.78. The number of rotatable bonds is 5. The molecule has 0 radical (unpaired) electrons. The predicted octanol–water partition coefficient (Wildman–Crippen LogP) is 3.87. The van der Waals surface area contributed by atoms with Crippen molar-refractivity contribution < 1.29 is 14.3 Å². The van der Waals surface area contributed by atoms with Gasteiger partial charge in [0.05, 0.1) is 6.54 Å². The van der Waals surface area contributed by atoms with E-state index in [1.54, 1.807) is 23.1 Å². The first-order chi connectivity index (χ1) is 11.6. The Morgan fingerprint density at radius 1 is 1.21 bits per heavy atom. The Kier molecular flexibility index (Phi) is 5.01. The summed E-state index contributed by atoms with van der Waals surface area (Å²) in [4.78, 5) is 25.3. The van der Waals surface area contributed by atoms with Crippen molar-refractivity contribution in [3.05, 3.63) is 59.1 Å². The molecule has 0 aromatic heterocycles. The van der Waals surface area contributed by atoms with E-state index in [0.717, 1.165) is 5.56 Å². The Morgan fingerprint density at radius 2 is 2.04 bits per heavy atom. The monoisotopic (exact) mass is 344 g/mol. The molecule has 0 unspecified atom stereocenters. The van der Waals surface area contributed by atoms with Gasteiger partial charge in [-0.25, -0.2) is 4.79 Å². The number of anilines is 2. The first kappa shape index (κ1) is 16.3. The van der Waals surface area contributed by atoms with Crippen molar-refractivity contribution >= 4 is 35.0 Å². The minimum atomic E-state index is -0.364. The second-order valence-corrected chi connectivity index (χ2v) is 5.86. The number of hydrogen-bond donors (Lipinski definition) is 1. The summed E-state index contributed by atoms with van der Waals surface area (Å²) in [5.74, 6) is -0.101. The molecule has 3 rings (SSSR count). The summed E-state index contributed by atoms with van der Waals surface area (Å²) >= 11 is 6.09. The molecule has 0 bridgehead atoms. The number of nitrogens with zero attached hydrogens (tertiary/aromatic N) is 1. The molecule has 0 aliphatic carbocycles. The Labute approximate surface area is 145 Å². The number of nitrogens with one attached hydrogen (secondary N) is 1.